The molecule has 0 aliphatic heterocycles. The molecule has 0 spiro atoms. The lowest BCUT2D eigenvalue weighted by molar-refractivity contribution is -0.159. The number of hydrogen-bond donors (Lipinski definition) is 1. The van der Waals surface area contributed by atoms with Crippen LogP contribution in [0, 0.1) is 0 Å². The molecule has 158 valence electrons. The molecule has 0 unspecified atom stereocenters. The van der Waals surface area contributed by atoms with Crippen molar-refractivity contribution >= 4 is 12.0 Å². The molecule has 2 amide bonds. The monoisotopic (exact) mass is 391 g/mol. The lowest BCUT2D eigenvalue weighted by Gasteiger charge is -2.41. The standard InChI is InChI=1S/C22H37N3O3/c1-9-24(25(16(2)3)17(4)5)20(26)19(15-18-13-11-10-12-14-18)23-21(27)28-22(6,7)8/h10-14,16-17,19H,9,15H2,1-8H3,(H,23,27)/t19-/m0/s1. The molecule has 6 heteroatoms. The van der Waals surface area contributed by atoms with Gasteiger partial charge in [-0.3, -0.25) is 9.80 Å². The van der Waals surface area contributed by atoms with Gasteiger partial charge in [0.2, 0.25) is 0 Å². The lowest BCUT2D eigenvalue weighted by Crippen LogP contribution is -2.59. The Hall–Kier alpha value is -2.08. The largest absolute Gasteiger partial charge is 0.444 e. The van der Waals surface area contributed by atoms with Gasteiger partial charge in [-0.2, -0.15) is 0 Å². The molecule has 1 rings (SSSR count). The van der Waals surface area contributed by atoms with Gasteiger partial charge in [0.1, 0.15) is 11.6 Å². The molecule has 0 saturated carbocycles. The minimum absolute atomic E-state index is 0.139. The van der Waals surface area contributed by atoms with Crippen molar-refractivity contribution in [1.82, 2.24) is 15.3 Å². The molecule has 0 saturated heterocycles. The second-order valence-corrected chi connectivity index (χ2v) is 8.51. The quantitative estimate of drug-likeness (QED) is 0.680. The van der Waals surface area contributed by atoms with E-state index in [9.17, 15) is 9.59 Å². The summed E-state index contributed by atoms with van der Waals surface area (Å²) in [5.41, 5.74) is 0.352. The zero-order valence-electron chi connectivity index (χ0n) is 18.7. The van der Waals surface area contributed by atoms with Crippen molar-refractivity contribution in [2.24, 2.45) is 0 Å². The van der Waals surface area contributed by atoms with Gasteiger partial charge < -0.3 is 10.1 Å². The van der Waals surface area contributed by atoms with E-state index in [-0.39, 0.29) is 18.0 Å². The molecular weight excluding hydrogens is 354 g/mol. The SMILES string of the molecule is CCN(C(=O)[C@H](Cc1ccccc1)NC(=O)OC(C)(C)C)N(C(C)C)C(C)C. The van der Waals surface area contributed by atoms with E-state index in [1.807, 2.05) is 37.3 Å². The Kier molecular flexibility index (Phi) is 8.95. The number of ether oxygens (including phenoxy) is 1. The molecule has 1 aromatic carbocycles. The van der Waals surface area contributed by atoms with Crippen LogP contribution < -0.4 is 5.32 Å². The first-order valence-electron chi connectivity index (χ1n) is 10.1. The van der Waals surface area contributed by atoms with Crippen LogP contribution in [-0.4, -0.2) is 52.3 Å². The number of carbonyl (C=O) groups is 2. The van der Waals surface area contributed by atoms with Crippen molar-refractivity contribution in [1.29, 1.82) is 0 Å². The molecule has 6 nitrogen and oxygen atoms in total. The maximum atomic E-state index is 13.4. The van der Waals surface area contributed by atoms with Crippen LogP contribution in [0.1, 0.15) is 61.0 Å². The number of nitrogens with one attached hydrogen (secondary N) is 1. The van der Waals surface area contributed by atoms with Crippen LogP contribution in [0.5, 0.6) is 0 Å². The van der Waals surface area contributed by atoms with E-state index in [1.165, 1.54) is 0 Å². The first-order chi connectivity index (χ1) is 13.0. The first-order valence-corrected chi connectivity index (χ1v) is 10.1. The van der Waals surface area contributed by atoms with Crippen LogP contribution in [-0.2, 0) is 16.0 Å². The van der Waals surface area contributed by atoms with E-state index in [0.717, 1.165) is 5.56 Å². The maximum Gasteiger partial charge on any atom is 0.408 e. The number of hydrogen-bond acceptors (Lipinski definition) is 4. The minimum atomic E-state index is -0.711. The third kappa shape index (κ3) is 7.50. The summed E-state index contributed by atoms with van der Waals surface area (Å²) in [5, 5.41) is 6.58. The number of rotatable bonds is 8. The van der Waals surface area contributed by atoms with E-state index in [2.05, 4.69) is 38.0 Å². The van der Waals surface area contributed by atoms with Crippen LogP contribution in [0.25, 0.3) is 0 Å². The topological polar surface area (TPSA) is 61.9 Å². The van der Waals surface area contributed by atoms with E-state index < -0.39 is 17.7 Å². The van der Waals surface area contributed by atoms with Crippen molar-refractivity contribution in [3.63, 3.8) is 0 Å². The van der Waals surface area contributed by atoms with Gasteiger partial charge in [0.25, 0.3) is 5.91 Å². The number of hydrazine groups is 1. The van der Waals surface area contributed by atoms with Crippen LogP contribution in [0.4, 0.5) is 4.79 Å². The average Bonchev–Trinajstić information content (AvgIpc) is 2.56. The van der Waals surface area contributed by atoms with Crippen molar-refractivity contribution < 1.29 is 14.3 Å². The number of nitrogens with zero attached hydrogens (tertiary/aromatic N) is 2. The zero-order valence-corrected chi connectivity index (χ0v) is 18.7. The Morgan fingerprint density at radius 2 is 1.57 bits per heavy atom. The van der Waals surface area contributed by atoms with E-state index >= 15 is 0 Å². The molecule has 0 bridgehead atoms. The smallest absolute Gasteiger partial charge is 0.408 e. The summed E-state index contributed by atoms with van der Waals surface area (Å²) in [6.07, 6.45) is -0.183. The van der Waals surface area contributed by atoms with Gasteiger partial charge in [-0.1, -0.05) is 30.3 Å². The van der Waals surface area contributed by atoms with E-state index in [1.54, 1.807) is 25.8 Å². The molecule has 0 heterocycles. The van der Waals surface area contributed by atoms with Crippen LogP contribution in [0.15, 0.2) is 30.3 Å². The Balaban J connectivity index is 3.13. The van der Waals surface area contributed by atoms with Crippen molar-refractivity contribution in [3.8, 4) is 0 Å². The summed E-state index contributed by atoms with van der Waals surface area (Å²) in [6, 6.07) is 9.29. The predicted molar refractivity (Wildman–Crippen MR) is 113 cm³/mol. The normalized spacial score (nSPS) is 13.0. The third-order valence-electron chi connectivity index (χ3n) is 4.16. The number of alkyl carbamates (subject to hydrolysis) is 1. The van der Waals surface area contributed by atoms with Gasteiger partial charge in [0.15, 0.2) is 0 Å². The third-order valence-corrected chi connectivity index (χ3v) is 4.16. The minimum Gasteiger partial charge on any atom is -0.444 e. The van der Waals surface area contributed by atoms with Gasteiger partial charge in [0, 0.05) is 25.0 Å². The molecule has 28 heavy (non-hydrogen) atoms. The highest BCUT2D eigenvalue weighted by Gasteiger charge is 2.32. The van der Waals surface area contributed by atoms with Crippen LogP contribution >= 0.6 is 0 Å². The van der Waals surface area contributed by atoms with E-state index in [0.29, 0.717) is 13.0 Å². The predicted octanol–water partition coefficient (Wildman–Crippen LogP) is 4.00. The Morgan fingerprint density at radius 3 is 2.00 bits per heavy atom. The van der Waals surface area contributed by atoms with Crippen molar-refractivity contribution in [2.75, 3.05) is 6.54 Å². The number of carbonyl (C=O) groups excluding carboxylic acids is 2. The summed E-state index contributed by atoms with van der Waals surface area (Å²) < 4.78 is 5.39. The highest BCUT2D eigenvalue weighted by Crippen LogP contribution is 2.15. The summed E-state index contributed by atoms with van der Waals surface area (Å²) >= 11 is 0. The average molecular weight is 392 g/mol. The molecule has 0 aliphatic rings. The lowest BCUT2D eigenvalue weighted by atomic mass is 10.0. The fourth-order valence-corrected chi connectivity index (χ4v) is 3.27. The maximum absolute atomic E-state index is 13.4. The molecule has 0 fully saturated rings. The summed E-state index contributed by atoms with van der Waals surface area (Å²) in [4.78, 5) is 25.8. The van der Waals surface area contributed by atoms with Crippen molar-refractivity contribution in [3.05, 3.63) is 35.9 Å². The van der Waals surface area contributed by atoms with Gasteiger partial charge in [0.05, 0.1) is 0 Å². The molecule has 0 aromatic heterocycles. The highest BCUT2D eigenvalue weighted by molar-refractivity contribution is 5.85. The van der Waals surface area contributed by atoms with Crippen LogP contribution in [0.2, 0.25) is 0 Å². The fraction of sp³-hybridized carbons (Fsp3) is 0.636. The fourth-order valence-electron chi connectivity index (χ4n) is 3.27. The summed E-state index contributed by atoms with van der Waals surface area (Å²) in [6.45, 7) is 16.1. The number of benzene rings is 1. The zero-order chi connectivity index (χ0) is 21.5. The van der Waals surface area contributed by atoms with Gasteiger partial charge in [-0.25, -0.2) is 9.80 Å². The number of likely N-dealkylation sites (N-methyl/N-ethyl adjacent to an activating group) is 1. The molecule has 1 N–H and O–H groups in total. The van der Waals surface area contributed by atoms with E-state index in [4.69, 9.17) is 4.74 Å². The van der Waals surface area contributed by atoms with Gasteiger partial charge >= 0.3 is 6.09 Å². The van der Waals surface area contributed by atoms with Gasteiger partial charge in [-0.05, 0) is 61.0 Å². The number of amides is 2. The Morgan fingerprint density at radius 1 is 1.04 bits per heavy atom. The Labute approximate surface area is 170 Å². The molecule has 0 aliphatic carbocycles. The van der Waals surface area contributed by atoms with Crippen molar-refractivity contribution in [2.45, 2.75) is 85.5 Å². The molecular formula is C22H37N3O3. The molecule has 1 atom stereocenters. The highest BCUT2D eigenvalue weighted by atomic mass is 16.6. The molecule has 0 radical (unpaired) electrons. The van der Waals surface area contributed by atoms with Gasteiger partial charge in [-0.15, -0.1) is 0 Å². The molecule has 1 aromatic rings. The first kappa shape index (κ1) is 24.0. The second kappa shape index (κ2) is 10.5. The van der Waals surface area contributed by atoms with Crippen LogP contribution in [0.3, 0.4) is 0 Å². The second-order valence-electron chi connectivity index (χ2n) is 8.51. The summed E-state index contributed by atoms with van der Waals surface area (Å²) in [7, 11) is 0. The Bertz CT molecular complexity index is 616. The summed E-state index contributed by atoms with van der Waals surface area (Å²) in [5.74, 6) is -0.139.